The molecule has 1 aromatic carbocycles. The Labute approximate surface area is 82.7 Å². The fourth-order valence-corrected chi connectivity index (χ4v) is 1.14. The van der Waals surface area contributed by atoms with Crippen molar-refractivity contribution in [3.63, 3.8) is 0 Å². The maximum atomic E-state index is 5.96. The molecule has 0 radical (unpaired) electrons. The normalized spacial score (nSPS) is 10.4. The molecule has 3 heteroatoms. The van der Waals surface area contributed by atoms with E-state index in [1.807, 2.05) is 12.1 Å². The summed E-state index contributed by atoms with van der Waals surface area (Å²) in [6.45, 7) is 0. The Morgan fingerprint density at radius 2 is 2.08 bits per heavy atom. The van der Waals surface area contributed by atoms with Crippen molar-refractivity contribution in [2.75, 3.05) is 14.2 Å². The summed E-state index contributed by atoms with van der Waals surface area (Å²) in [5, 5.41) is 0.646. The monoisotopic (exact) mass is 198 g/mol. The Kier molecular flexibility index (Phi) is 3.65. The van der Waals surface area contributed by atoms with E-state index in [1.54, 1.807) is 32.6 Å². The van der Waals surface area contributed by atoms with Crippen LogP contribution >= 0.6 is 11.6 Å². The summed E-state index contributed by atoms with van der Waals surface area (Å²) in [6, 6.07) is 5.48. The highest BCUT2D eigenvalue weighted by molar-refractivity contribution is 6.32. The summed E-state index contributed by atoms with van der Waals surface area (Å²) in [4.78, 5) is 0. The number of hydrogen-bond donors (Lipinski definition) is 0. The molecule has 0 fully saturated rings. The van der Waals surface area contributed by atoms with Crippen LogP contribution in [0.4, 0.5) is 0 Å². The molecule has 0 saturated carbocycles. The van der Waals surface area contributed by atoms with E-state index in [4.69, 9.17) is 21.1 Å². The molecule has 0 aromatic heterocycles. The zero-order chi connectivity index (χ0) is 9.68. The van der Waals surface area contributed by atoms with Crippen molar-refractivity contribution in [2.24, 2.45) is 0 Å². The molecule has 0 heterocycles. The largest absolute Gasteiger partial charge is 0.504 e. The molecule has 0 aliphatic rings. The minimum Gasteiger partial charge on any atom is -0.504 e. The number of benzene rings is 1. The maximum absolute atomic E-state index is 5.96. The first-order chi connectivity index (χ1) is 6.27. The summed E-state index contributed by atoms with van der Waals surface area (Å²) >= 11 is 5.96. The molecular formula is C10H11ClO2. The third-order valence-electron chi connectivity index (χ3n) is 1.59. The predicted octanol–water partition coefficient (Wildman–Crippen LogP) is 2.97. The van der Waals surface area contributed by atoms with Crippen LogP contribution < -0.4 is 4.74 Å². The fraction of sp³-hybridized carbons (Fsp3) is 0.200. The van der Waals surface area contributed by atoms with E-state index in [2.05, 4.69) is 0 Å². The zero-order valence-electron chi connectivity index (χ0n) is 7.58. The number of hydrogen-bond acceptors (Lipinski definition) is 2. The number of ether oxygens (including phenoxy) is 2. The van der Waals surface area contributed by atoms with E-state index in [1.165, 1.54) is 0 Å². The van der Waals surface area contributed by atoms with Crippen LogP contribution in [0, 0.1) is 0 Å². The third-order valence-corrected chi connectivity index (χ3v) is 1.92. The van der Waals surface area contributed by atoms with E-state index in [9.17, 15) is 0 Å². The van der Waals surface area contributed by atoms with Crippen LogP contribution in [-0.4, -0.2) is 14.2 Å². The summed E-state index contributed by atoms with van der Waals surface area (Å²) in [6.07, 6.45) is 3.37. The first-order valence-electron chi connectivity index (χ1n) is 3.81. The lowest BCUT2D eigenvalue weighted by Crippen LogP contribution is -1.83. The number of methoxy groups -OCH3 is 2. The molecule has 0 aliphatic carbocycles. The first-order valence-corrected chi connectivity index (χ1v) is 4.18. The molecule has 0 amide bonds. The molecule has 2 nitrogen and oxygen atoms in total. The molecule has 0 aliphatic heterocycles. The molecular weight excluding hydrogens is 188 g/mol. The van der Waals surface area contributed by atoms with Crippen LogP contribution in [0.25, 0.3) is 6.08 Å². The van der Waals surface area contributed by atoms with Gasteiger partial charge in [-0.1, -0.05) is 11.6 Å². The highest BCUT2D eigenvalue weighted by Gasteiger charge is 1.98. The van der Waals surface area contributed by atoms with E-state index in [-0.39, 0.29) is 0 Å². The highest BCUT2D eigenvalue weighted by Crippen LogP contribution is 2.23. The molecule has 0 unspecified atom stereocenters. The molecule has 13 heavy (non-hydrogen) atoms. The second kappa shape index (κ2) is 4.77. The van der Waals surface area contributed by atoms with Gasteiger partial charge in [-0.2, -0.15) is 0 Å². The molecule has 70 valence electrons. The third kappa shape index (κ3) is 2.67. The lowest BCUT2D eigenvalue weighted by Gasteiger charge is -2.02. The molecule has 0 saturated heterocycles. The van der Waals surface area contributed by atoms with Gasteiger partial charge in [0.25, 0.3) is 0 Å². The van der Waals surface area contributed by atoms with Gasteiger partial charge in [0.1, 0.15) is 5.75 Å². The van der Waals surface area contributed by atoms with Crippen molar-refractivity contribution in [1.29, 1.82) is 0 Å². The maximum Gasteiger partial charge on any atom is 0.120 e. The highest BCUT2D eigenvalue weighted by atomic mass is 35.5. The summed E-state index contributed by atoms with van der Waals surface area (Å²) in [5.74, 6) is 0.750. The second-order valence-electron chi connectivity index (χ2n) is 2.43. The van der Waals surface area contributed by atoms with Gasteiger partial charge in [0.15, 0.2) is 0 Å². The Bertz CT molecular complexity index is 308. The van der Waals surface area contributed by atoms with E-state index < -0.39 is 0 Å². The van der Waals surface area contributed by atoms with Gasteiger partial charge in [0.2, 0.25) is 0 Å². The first kappa shape index (κ1) is 9.93. The molecule has 0 spiro atoms. The van der Waals surface area contributed by atoms with Crippen molar-refractivity contribution in [2.45, 2.75) is 0 Å². The van der Waals surface area contributed by atoms with Gasteiger partial charge in [-0.15, -0.1) is 0 Å². The van der Waals surface area contributed by atoms with Gasteiger partial charge in [0.05, 0.1) is 25.5 Å². The van der Waals surface area contributed by atoms with Gasteiger partial charge in [-0.3, -0.25) is 0 Å². The van der Waals surface area contributed by atoms with Crippen LogP contribution in [0.3, 0.4) is 0 Å². The lowest BCUT2D eigenvalue weighted by atomic mass is 10.2. The van der Waals surface area contributed by atoms with Crippen molar-refractivity contribution >= 4 is 17.7 Å². The molecule has 1 rings (SSSR count). The van der Waals surface area contributed by atoms with E-state index in [0.717, 1.165) is 11.3 Å². The Balaban J connectivity index is 2.91. The van der Waals surface area contributed by atoms with Crippen LogP contribution in [0.15, 0.2) is 24.5 Å². The zero-order valence-corrected chi connectivity index (χ0v) is 8.34. The SMILES string of the molecule is CO/C=C/c1ccc(OC)cc1Cl. The number of rotatable bonds is 3. The Hall–Kier alpha value is -1.15. The topological polar surface area (TPSA) is 18.5 Å². The van der Waals surface area contributed by atoms with Gasteiger partial charge in [0, 0.05) is 0 Å². The van der Waals surface area contributed by atoms with E-state index in [0.29, 0.717) is 5.02 Å². The summed E-state index contributed by atoms with van der Waals surface area (Å²) in [7, 11) is 3.20. The lowest BCUT2D eigenvalue weighted by molar-refractivity contribution is 0.341. The Morgan fingerprint density at radius 3 is 2.62 bits per heavy atom. The summed E-state index contributed by atoms with van der Waals surface area (Å²) in [5.41, 5.74) is 0.907. The standard InChI is InChI=1S/C10H11ClO2/c1-12-6-5-8-3-4-9(13-2)7-10(8)11/h3-7H,1-2H3/b6-5+. The molecule has 0 atom stereocenters. The van der Waals surface area contributed by atoms with Crippen LogP contribution in [0.2, 0.25) is 5.02 Å². The minimum absolute atomic E-state index is 0.646. The van der Waals surface area contributed by atoms with Gasteiger partial charge in [-0.05, 0) is 29.8 Å². The smallest absolute Gasteiger partial charge is 0.120 e. The Morgan fingerprint density at radius 1 is 1.31 bits per heavy atom. The second-order valence-corrected chi connectivity index (χ2v) is 2.83. The van der Waals surface area contributed by atoms with Gasteiger partial charge >= 0.3 is 0 Å². The fourth-order valence-electron chi connectivity index (χ4n) is 0.911. The van der Waals surface area contributed by atoms with Crippen LogP contribution in [-0.2, 0) is 4.74 Å². The molecule has 0 bridgehead atoms. The van der Waals surface area contributed by atoms with Gasteiger partial charge in [-0.25, -0.2) is 0 Å². The predicted molar refractivity (Wildman–Crippen MR) is 54.0 cm³/mol. The molecule has 1 aromatic rings. The minimum atomic E-state index is 0.646. The van der Waals surface area contributed by atoms with Crippen molar-refractivity contribution in [3.05, 3.63) is 35.0 Å². The van der Waals surface area contributed by atoms with Crippen molar-refractivity contribution in [1.82, 2.24) is 0 Å². The van der Waals surface area contributed by atoms with Gasteiger partial charge < -0.3 is 9.47 Å². The van der Waals surface area contributed by atoms with Crippen molar-refractivity contribution in [3.8, 4) is 5.75 Å². The summed E-state index contributed by atoms with van der Waals surface area (Å²) < 4.78 is 9.80. The average Bonchev–Trinajstić information content (AvgIpc) is 2.16. The quantitative estimate of drug-likeness (QED) is 0.696. The van der Waals surface area contributed by atoms with Crippen LogP contribution in [0.1, 0.15) is 5.56 Å². The number of halogens is 1. The average molecular weight is 199 g/mol. The van der Waals surface area contributed by atoms with Crippen LogP contribution in [0.5, 0.6) is 5.75 Å². The van der Waals surface area contributed by atoms with E-state index >= 15 is 0 Å². The molecule has 0 N–H and O–H groups in total. The van der Waals surface area contributed by atoms with Crippen molar-refractivity contribution < 1.29 is 9.47 Å².